The largest absolute Gasteiger partial charge is 0.288 e. The molecule has 2 N–H and O–H groups in total. The van der Waals surface area contributed by atoms with Crippen molar-refractivity contribution in [3.05, 3.63) is 52.6 Å². The van der Waals surface area contributed by atoms with E-state index < -0.39 is 15.9 Å². The first-order valence-electron chi connectivity index (χ1n) is 6.98. The van der Waals surface area contributed by atoms with Crippen molar-refractivity contribution in [3.8, 4) is 10.6 Å². The number of thiophene rings is 1. The van der Waals surface area contributed by atoms with E-state index in [1.807, 2.05) is 12.3 Å². The van der Waals surface area contributed by atoms with Crippen LogP contribution in [0.3, 0.4) is 0 Å². The molecule has 0 saturated heterocycles. The lowest BCUT2D eigenvalue weighted by Gasteiger charge is -2.01. The van der Waals surface area contributed by atoms with Gasteiger partial charge in [0, 0.05) is 23.8 Å². The van der Waals surface area contributed by atoms with Gasteiger partial charge in [0.2, 0.25) is 0 Å². The minimum atomic E-state index is -3.72. The van der Waals surface area contributed by atoms with Crippen molar-refractivity contribution < 1.29 is 18.4 Å². The molecule has 7 nitrogen and oxygen atoms in total. The Kier molecular flexibility index (Phi) is 4.86. The maximum atomic E-state index is 12.7. The van der Waals surface area contributed by atoms with Crippen LogP contribution in [-0.4, -0.2) is 28.5 Å². The molecule has 0 aliphatic rings. The van der Waals surface area contributed by atoms with Gasteiger partial charge in [-0.3, -0.25) is 10.0 Å². The lowest BCUT2D eigenvalue weighted by molar-refractivity contribution is -0.124. The Hall–Kier alpha value is -2.27. The predicted octanol–water partition coefficient (Wildman–Crippen LogP) is 2.74. The van der Waals surface area contributed by atoms with E-state index in [4.69, 9.17) is 5.21 Å². The first-order valence-corrected chi connectivity index (χ1v) is 10.1. The average Bonchev–Trinajstić information content (AvgIpc) is 3.32. The summed E-state index contributed by atoms with van der Waals surface area (Å²) in [5.74, 6) is -0.697. The van der Waals surface area contributed by atoms with Gasteiger partial charge in [0.15, 0.2) is 0 Å². The summed E-state index contributed by atoms with van der Waals surface area (Å²) < 4.78 is 26.7. The van der Waals surface area contributed by atoms with E-state index in [1.54, 1.807) is 18.2 Å². The number of carbonyl (C=O) groups is 1. The van der Waals surface area contributed by atoms with Gasteiger partial charge >= 0.3 is 0 Å². The van der Waals surface area contributed by atoms with Crippen LogP contribution in [-0.2, 0) is 14.8 Å². The highest BCUT2D eigenvalue weighted by Gasteiger charge is 2.20. The van der Waals surface area contributed by atoms with Crippen LogP contribution in [0.5, 0.6) is 0 Å². The summed E-state index contributed by atoms with van der Waals surface area (Å²) in [6, 6.07) is 4.84. The van der Waals surface area contributed by atoms with Crippen LogP contribution in [0.15, 0.2) is 46.3 Å². The molecule has 25 heavy (non-hydrogen) atoms. The predicted molar refractivity (Wildman–Crippen MR) is 96.1 cm³/mol. The lowest BCUT2D eigenvalue weighted by Crippen LogP contribution is -2.14. The molecule has 10 heteroatoms. The van der Waals surface area contributed by atoms with Gasteiger partial charge in [0.1, 0.15) is 4.21 Å². The third-order valence-electron chi connectivity index (χ3n) is 3.21. The first-order chi connectivity index (χ1) is 11.9. The topological polar surface area (TPSA) is 101 Å². The summed E-state index contributed by atoms with van der Waals surface area (Å²) in [4.78, 5) is 16.1. The van der Waals surface area contributed by atoms with E-state index in [-0.39, 0.29) is 4.21 Å². The zero-order chi connectivity index (χ0) is 18.0. The number of carbonyl (C=O) groups excluding carboxylic acids is 1. The van der Waals surface area contributed by atoms with E-state index in [1.165, 1.54) is 35.3 Å². The van der Waals surface area contributed by atoms with Gasteiger partial charge in [0.05, 0.1) is 15.6 Å². The Morgan fingerprint density at radius 3 is 2.84 bits per heavy atom. The molecule has 0 fully saturated rings. The minimum Gasteiger partial charge on any atom is -0.288 e. The molecule has 130 valence electrons. The molecule has 0 saturated carbocycles. The molecule has 3 heterocycles. The van der Waals surface area contributed by atoms with Gasteiger partial charge < -0.3 is 0 Å². The van der Waals surface area contributed by atoms with Crippen LogP contribution in [0.1, 0.15) is 10.6 Å². The van der Waals surface area contributed by atoms with Crippen molar-refractivity contribution >= 4 is 44.7 Å². The molecule has 0 aliphatic heterocycles. The Morgan fingerprint density at radius 2 is 2.16 bits per heavy atom. The number of hydrogen-bond acceptors (Lipinski definition) is 7. The number of nitrogens with zero attached hydrogens (tertiary/aromatic N) is 2. The molecule has 0 aliphatic carbocycles. The molecule has 3 rings (SSSR count). The molecule has 0 aromatic carbocycles. The number of rotatable bonds is 5. The summed E-state index contributed by atoms with van der Waals surface area (Å²) in [6.07, 6.45) is 5.29. The summed E-state index contributed by atoms with van der Waals surface area (Å²) in [6.45, 7) is 1.89. The molecule has 0 bridgehead atoms. The van der Waals surface area contributed by atoms with Crippen LogP contribution >= 0.6 is 22.7 Å². The first kappa shape index (κ1) is 17.5. The van der Waals surface area contributed by atoms with Crippen LogP contribution in [0.4, 0.5) is 0 Å². The number of amides is 1. The summed E-state index contributed by atoms with van der Waals surface area (Å²) in [5, 5.41) is 11.2. The highest BCUT2D eigenvalue weighted by atomic mass is 32.2. The second kappa shape index (κ2) is 6.92. The van der Waals surface area contributed by atoms with Gasteiger partial charge in [-0.25, -0.2) is 14.4 Å². The number of nitrogens with one attached hydrogen (secondary N) is 1. The van der Waals surface area contributed by atoms with Gasteiger partial charge in [-0.15, -0.1) is 22.7 Å². The minimum absolute atomic E-state index is 0.201. The fraction of sp³-hybridized carbons (Fsp3) is 0.0667. The molecule has 0 spiro atoms. The molecule has 0 atom stereocenters. The summed E-state index contributed by atoms with van der Waals surface area (Å²) in [7, 11) is -3.72. The Labute approximate surface area is 151 Å². The third-order valence-corrected chi connectivity index (χ3v) is 7.20. The Balaban J connectivity index is 1.87. The number of aryl methyl sites for hydroxylation is 1. The number of hydroxylamine groups is 1. The van der Waals surface area contributed by atoms with Gasteiger partial charge in [-0.1, -0.05) is 0 Å². The molecular weight excluding hydrogens is 382 g/mol. The standard InChI is InChI=1S/C15H13N3O4S3/c1-10-16-12(9-23-10)13-3-5-15(24-13)25(21,22)18-7-6-11(8-18)2-4-14(19)17-20/h2-9,20H,1H3,(H,17,19). The van der Waals surface area contributed by atoms with E-state index in [0.29, 0.717) is 5.56 Å². The monoisotopic (exact) mass is 395 g/mol. The van der Waals surface area contributed by atoms with E-state index in [9.17, 15) is 13.2 Å². The number of thiazole rings is 1. The normalized spacial score (nSPS) is 11.9. The maximum absolute atomic E-state index is 12.7. The summed E-state index contributed by atoms with van der Waals surface area (Å²) in [5.41, 5.74) is 2.74. The third kappa shape index (κ3) is 3.71. The van der Waals surface area contributed by atoms with Gasteiger partial charge in [0.25, 0.3) is 15.9 Å². The summed E-state index contributed by atoms with van der Waals surface area (Å²) >= 11 is 2.66. The number of hydrogen-bond donors (Lipinski definition) is 2. The zero-order valence-electron chi connectivity index (χ0n) is 12.9. The number of aromatic nitrogens is 2. The Morgan fingerprint density at radius 1 is 1.36 bits per heavy atom. The van der Waals surface area contributed by atoms with Crippen LogP contribution in [0, 0.1) is 6.92 Å². The van der Waals surface area contributed by atoms with Crippen molar-refractivity contribution in [2.24, 2.45) is 0 Å². The fourth-order valence-electron chi connectivity index (χ4n) is 2.03. The second-order valence-corrected chi connectivity index (χ2v) is 9.18. The molecule has 1 amide bonds. The molecule has 3 aromatic rings. The zero-order valence-corrected chi connectivity index (χ0v) is 15.4. The Bertz CT molecular complexity index is 1040. The quantitative estimate of drug-likeness (QED) is 0.393. The highest BCUT2D eigenvalue weighted by molar-refractivity contribution is 7.92. The van der Waals surface area contributed by atoms with E-state index in [2.05, 4.69) is 4.98 Å². The maximum Gasteiger partial charge on any atom is 0.277 e. The van der Waals surface area contributed by atoms with Crippen LogP contribution in [0.25, 0.3) is 16.6 Å². The van der Waals surface area contributed by atoms with Crippen molar-refractivity contribution in [2.75, 3.05) is 0 Å². The van der Waals surface area contributed by atoms with Crippen molar-refractivity contribution in [1.82, 2.24) is 14.4 Å². The molecule has 0 unspecified atom stereocenters. The SMILES string of the molecule is Cc1nc(-c2ccc(S(=O)(=O)n3ccc(C=CC(=O)NO)c3)s2)cs1. The van der Waals surface area contributed by atoms with Crippen molar-refractivity contribution in [3.63, 3.8) is 0 Å². The molecule has 3 aromatic heterocycles. The second-order valence-electron chi connectivity index (χ2n) is 4.96. The van der Waals surface area contributed by atoms with E-state index in [0.717, 1.165) is 37.0 Å². The van der Waals surface area contributed by atoms with Crippen molar-refractivity contribution in [1.29, 1.82) is 0 Å². The smallest absolute Gasteiger partial charge is 0.277 e. The fourth-order valence-corrected chi connectivity index (χ4v) is 5.29. The van der Waals surface area contributed by atoms with E-state index >= 15 is 0 Å². The molecule has 0 radical (unpaired) electrons. The van der Waals surface area contributed by atoms with Crippen molar-refractivity contribution in [2.45, 2.75) is 11.1 Å². The van der Waals surface area contributed by atoms with Crippen LogP contribution in [0.2, 0.25) is 0 Å². The lowest BCUT2D eigenvalue weighted by atomic mass is 10.3. The van der Waals surface area contributed by atoms with Crippen LogP contribution < -0.4 is 5.48 Å². The van der Waals surface area contributed by atoms with Gasteiger partial charge in [-0.2, -0.15) is 8.42 Å². The highest BCUT2D eigenvalue weighted by Crippen LogP contribution is 2.32. The molecular formula is C15H13N3O4S3. The average molecular weight is 395 g/mol. The van der Waals surface area contributed by atoms with Gasteiger partial charge in [-0.05, 0) is 36.8 Å².